The third kappa shape index (κ3) is 5.08. The molecular weight excluding hydrogens is 348 g/mol. The molecule has 1 amide bonds. The van der Waals surface area contributed by atoms with Gasteiger partial charge in [0.05, 0.1) is 5.54 Å². The summed E-state index contributed by atoms with van der Waals surface area (Å²) in [7, 11) is 0. The maximum atomic E-state index is 12.2. The van der Waals surface area contributed by atoms with E-state index in [1.165, 1.54) is 24.9 Å². The molecule has 148 valence electrons. The molecule has 0 bridgehead atoms. The minimum atomic E-state index is -0.863. The number of hydrogen-bond donors (Lipinski definition) is 1. The average Bonchev–Trinajstić information content (AvgIpc) is 3.11. The van der Waals surface area contributed by atoms with Crippen molar-refractivity contribution in [3.8, 4) is 11.1 Å². The van der Waals surface area contributed by atoms with Crippen LogP contribution in [0.3, 0.4) is 0 Å². The number of nitrogens with zero attached hydrogens (tertiary/aromatic N) is 1. The van der Waals surface area contributed by atoms with Crippen LogP contribution in [0.1, 0.15) is 49.5 Å². The number of amides is 1. The van der Waals surface area contributed by atoms with E-state index < -0.39 is 5.54 Å². The van der Waals surface area contributed by atoms with Gasteiger partial charge in [-0.1, -0.05) is 36.4 Å². The Bertz CT molecular complexity index is 810. The van der Waals surface area contributed by atoms with Gasteiger partial charge in [0.25, 0.3) is 5.91 Å². The van der Waals surface area contributed by atoms with Crippen molar-refractivity contribution in [1.82, 2.24) is 10.2 Å². The summed E-state index contributed by atoms with van der Waals surface area (Å²) in [6.07, 6.45) is 4.46. The maximum Gasteiger partial charge on any atom is 0.252 e. The molecule has 1 fully saturated rings. The Kier molecular flexibility index (Phi) is 6.30. The van der Waals surface area contributed by atoms with Crippen LogP contribution < -0.4 is 5.32 Å². The standard InChI is InChI=1S/C24H30N2O2/c1-18-5-4-15-26(18)16-14-19-6-8-20(9-7-19)21-10-12-22(13-11-21)23(28)25-24(2,3)17-27/h6-13,17-18H,4-5,14-16H2,1-3H3,(H,25,28). The summed E-state index contributed by atoms with van der Waals surface area (Å²) in [4.78, 5) is 25.8. The van der Waals surface area contributed by atoms with E-state index in [-0.39, 0.29) is 5.91 Å². The van der Waals surface area contributed by atoms with E-state index in [0.29, 0.717) is 11.6 Å². The fraction of sp³-hybridized carbons (Fsp3) is 0.417. The Morgan fingerprint density at radius 3 is 2.25 bits per heavy atom. The smallest absolute Gasteiger partial charge is 0.252 e. The summed E-state index contributed by atoms with van der Waals surface area (Å²) >= 11 is 0. The molecule has 1 N–H and O–H groups in total. The van der Waals surface area contributed by atoms with Gasteiger partial charge in [0, 0.05) is 18.2 Å². The molecular formula is C24H30N2O2. The molecule has 0 saturated carbocycles. The summed E-state index contributed by atoms with van der Waals surface area (Å²) < 4.78 is 0. The molecule has 4 nitrogen and oxygen atoms in total. The summed E-state index contributed by atoms with van der Waals surface area (Å²) in [6, 6.07) is 16.9. The molecule has 1 unspecified atom stereocenters. The van der Waals surface area contributed by atoms with Crippen LogP contribution in [0.15, 0.2) is 48.5 Å². The van der Waals surface area contributed by atoms with Gasteiger partial charge in [-0.15, -0.1) is 0 Å². The highest BCUT2D eigenvalue weighted by molar-refractivity contribution is 5.96. The molecule has 1 atom stereocenters. The van der Waals surface area contributed by atoms with Crippen molar-refractivity contribution < 1.29 is 9.59 Å². The van der Waals surface area contributed by atoms with E-state index in [2.05, 4.69) is 41.4 Å². The first-order chi connectivity index (χ1) is 13.4. The molecule has 1 aliphatic heterocycles. The number of rotatable bonds is 7. The second-order valence-corrected chi connectivity index (χ2v) is 8.35. The monoisotopic (exact) mass is 378 g/mol. The molecule has 4 heteroatoms. The molecule has 0 spiro atoms. The van der Waals surface area contributed by atoms with Gasteiger partial charge in [-0.25, -0.2) is 0 Å². The topological polar surface area (TPSA) is 49.4 Å². The number of carbonyl (C=O) groups is 2. The molecule has 2 aromatic rings. The second kappa shape index (κ2) is 8.70. The van der Waals surface area contributed by atoms with Crippen LogP contribution in [0, 0.1) is 0 Å². The van der Waals surface area contributed by atoms with E-state index in [1.54, 1.807) is 26.0 Å². The highest BCUT2D eigenvalue weighted by Gasteiger charge is 2.20. The second-order valence-electron chi connectivity index (χ2n) is 8.35. The molecule has 3 rings (SSSR count). The Morgan fingerprint density at radius 1 is 1.11 bits per heavy atom. The number of hydrogen-bond acceptors (Lipinski definition) is 3. The van der Waals surface area contributed by atoms with Gasteiger partial charge in [0.2, 0.25) is 0 Å². The summed E-state index contributed by atoms with van der Waals surface area (Å²) in [5.74, 6) is -0.241. The van der Waals surface area contributed by atoms with E-state index in [9.17, 15) is 9.59 Å². The first-order valence-corrected chi connectivity index (χ1v) is 10.1. The fourth-order valence-corrected chi connectivity index (χ4v) is 3.67. The van der Waals surface area contributed by atoms with Gasteiger partial charge in [-0.2, -0.15) is 0 Å². The largest absolute Gasteiger partial charge is 0.340 e. The first-order valence-electron chi connectivity index (χ1n) is 10.1. The predicted molar refractivity (Wildman–Crippen MR) is 113 cm³/mol. The first kappa shape index (κ1) is 20.3. The van der Waals surface area contributed by atoms with Crippen LogP contribution in [-0.2, 0) is 11.2 Å². The third-order valence-electron chi connectivity index (χ3n) is 5.54. The highest BCUT2D eigenvalue weighted by atomic mass is 16.2. The molecule has 1 aliphatic rings. The fourth-order valence-electron chi connectivity index (χ4n) is 3.67. The average molecular weight is 379 g/mol. The Morgan fingerprint density at radius 2 is 1.71 bits per heavy atom. The minimum Gasteiger partial charge on any atom is -0.340 e. The lowest BCUT2D eigenvalue weighted by molar-refractivity contribution is -0.112. The van der Waals surface area contributed by atoms with Crippen molar-refractivity contribution in [3.63, 3.8) is 0 Å². The number of likely N-dealkylation sites (tertiary alicyclic amines) is 1. The molecule has 0 radical (unpaired) electrons. The van der Waals surface area contributed by atoms with Crippen LogP contribution >= 0.6 is 0 Å². The lowest BCUT2D eigenvalue weighted by Crippen LogP contribution is -2.44. The number of aldehydes is 1. The summed E-state index contributed by atoms with van der Waals surface area (Å²) in [6.45, 7) is 8.03. The third-order valence-corrected chi connectivity index (χ3v) is 5.54. The van der Waals surface area contributed by atoms with Crippen LogP contribution in [0.5, 0.6) is 0 Å². The van der Waals surface area contributed by atoms with E-state index >= 15 is 0 Å². The van der Waals surface area contributed by atoms with Crippen molar-refractivity contribution in [1.29, 1.82) is 0 Å². The minimum absolute atomic E-state index is 0.241. The lowest BCUT2D eigenvalue weighted by Gasteiger charge is -2.20. The molecule has 2 aromatic carbocycles. The quantitative estimate of drug-likeness (QED) is 0.739. The molecule has 28 heavy (non-hydrogen) atoms. The van der Waals surface area contributed by atoms with Crippen molar-refractivity contribution in [2.45, 2.75) is 51.6 Å². The normalized spacial score (nSPS) is 17.5. The van der Waals surface area contributed by atoms with Gasteiger partial charge < -0.3 is 15.0 Å². The van der Waals surface area contributed by atoms with Gasteiger partial charge in [0.15, 0.2) is 0 Å². The van der Waals surface area contributed by atoms with Crippen LogP contribution in [0.25, 0.3) is 11.1 Å². The highest BCUT2D eigenvalue weighted by Crippen LogP contribution is 2.22. The van der Waals surface area contributed by atoms with E-state index in [0.717, 1.165) is 30.4 Å². The van der Waals surface area contributed by atoms with Gasteiger partial charge in [-0.05, 0) is 75.4 Å². The van der Waals surface area contributed by atoms with Crippen LogP contribution in [0.2, 0.25) is 0 Å². The van der Waals surface area contributed by atoms with Gasteiger partial charge in [-0.3, -0.25) is 4.79 Å². The number of carbonyl (C=O) groups excluding carboxylic acids is 2. The number of nitrogens with one attached hydrogen (secondary N) is 1. The molecule has 0 aliphatic carbocycles. The van der Waals surface area contributed by atoms with E-state index in [4.69, 9.17) is 0 Å². The Labute approximate surface area is 167 Å². The zero-order valence-electron chi connectivity index (χ0n) is 17.1. The van der Waals surface area contributed by atoms with E-state index in [1.807, 2.05) is 12.1 Å². The molecule has 1 heterocycles. The lowest BCUT2D eigenvalue weighted by atomic mass is 10.0. The maximum absolute atomic E-state index is 12.2. The van der Waals surface area contributed by atoms with Crippen molar-refractivity contribution >= 4 is 12.2 Å². The van der Waals surface area contributed by atoms with Crippen molar-refractivity contribution in [2.75, 3.05) is 13.1 Å². The zero-order valence-corrected chi connectivity index (χ0v) is 17.1. The molecule has 0 aromatic heterocycles. The van der Waals surface area contributed by atoms with Gasteiger partial charge >= 0.3 is 0 Å². The van der Waals surface area contributed by atoms with Crippen LogP contribution in [-0.4, -0.2) is 41.8 Å². The van der Waals surface area contributed by atoms with Crippen molar-refractivity contribution in [2.24, 2.45) is 0 Å². The summed E-state index contributed by atoms with van der Waals surface area (Å²) in [5, 5.41) is 2.72. The zero-order chi connectivity index (χ0) is 20.1. The SMILES string of the molecule is CC1CCCN1CCc1ccc(-c2ccc(C(=O)NC(C)(C)C=O)cc2)cc1. The predicted octanol–water partition coefficient (Wildman–Crippen LogP) is 4.09. The van der Waals surface area contributed by atoms with Crippen LogP contribution in [0.4, 0.5) is 0 Å². The molecule has 1 saturated heterocycles. The summed E-state index contributed by atoms with van der Waals surface area (Å²) in [5.41, 5.74) is 3.26. The number of benzene rings is 2. The Hall–Kier alpha value is -2.46. The van der Waals surface area contributed by atoms with Crippen molar-refractivity contribution in [3.05, 3.63) is 59.7 Å². The van der Waals surface area contributed by atoms with Gasteiger partial charge in [0.1, 0.15) is 6.29 Å². The Balaban J connectivity index is 1.60.